The zero-order valence-corrected chi connectivity index (χ0v) is 26.3. The van der Waals surface area contributed by atoms with Crippen LogP contribution in [0.1, 0.15) is 45.1 Å². The number of primary amides is 1. The molecule has 252 valence electrons. The normalized spacial score (nSPS) is 15.0. The number of nitrogens with two attached hydrogens (primary N) is 2. The van der Waals surface area contributed by atoms with Gasteiger partial charge in [0.1, 0.15) is 24.2 Å². The quantitative estimate of drug-likeness (QED) is 0.0800. The van der Waals surface area contributed by atoms with Gasteiger partial charge in [0, 0.05) is 29.3 Å². The fourth-order valence-electron chi connectivity index (χ4n) is 4.53. The highest BCUT2D eigenvalue weighted by atomic mass is 32.1. The average molecular weight is 664 g/mol. The molecule has 2 rings (SSSR count). The molecule has 0 radical (unpaired) electrons. The van der Waals surface area contributed by atoms with Gasteiger partial charge >= 0.3 is 11.9 Å². The maximum absolute atomic E-state index is 13.4. The first-order valence-corrected chi connectivity index (χ1v) is 15.2. The molecule has 0 aliphatic rings. The number of para-hydroxylation sites is 1. The molecular formula is C29H41N7O9S. The maximum Gasteiger partial charge on any atom is 0.326 e. The summed E-state index contributed by atoms with van der Waals surface area (Å²) >= 11 is 4.17. The number of benzene rings is 1. The van der Waals surface area contributed by atoms with E-state index in [0.29, 0.717) is 6.42 Å². The van der Waals surface area contributed by atoms with E-state index in [1.807, 2.05) is 24.3 Å². The lowest BCUT2D eigenvalue weighted by molar-refractivity contribution is -0.144. The number of aromatic amines is 1. The van der Waals surface area contributed by atoms with Gasteiger partial charge in [0.2, 0.25) is 29.5 Å². The highest BCUT2D eigenvalue weighted by molar-refractivity contribution is 7.80. The van der Waals surface area contributed by atoms with Crippen molar-refractivity contribution in [2.24, 2.45) is 17.4 Å². The van der Waals surface area contributed by atoms with Gasteiger partial charge in [0.15, 0.2) is 0 Å². The zero-order chi connectivity index (χ0) is 34.6. The first kappa shape index (κ1) is 37.5. The summed E-state index contributed by atoms with van der Waals surface area (Å²) in [6.07, 6.45) is 0.571. The molecule has 0 aliphatic carbocycles. The second-order valence-electron chi connectivity index (χ2n) is 10.8. The van der Waals surface area contributed by atoms with Gasteiger partial charge in [-0.1, -0.05) is 38.5 Å². The third-order valence-corrected chi connectivity index (χ3v) is 7.73. The van der Waals surface area contributed by atoms with E-state index in [9.17, 15) is 38.7 Å². The highest BCUT2D eigenvalue weighted by Crippen LogP contribution is 2.19. The monoisotopic (exact) mass is 663 g/mol. The molecule has 6 unspecified atom stereocenters. The Kier molecular flexibility index (Phi) is 14.5. The summed E-state index contributed by atoms with van der Waals surface area (Å²) in [6, 6.07) is 0.771. The molecule has 17 heteroatoms. The van der Waals surface area contributed by atoms with E-state index < -0.39 is 96.9 Å². The summed E-state index contributed by atoms with van der Waals surface area (Å²) in [7, 11) is 0. The molecule has 0 fully saturated rings. The Labute approximate surface area is 270 Å². The third kappa shape index (κ3) is 11.1. The predicted molar refractivity (Wildman–Crippen MR) is 169 cm³/mol. The van der Waals surface area contributed by atoms with E-state index in [-0.39, 0.29) is 12.2 Å². The van der Waals surface area contributed by atoms with Crippen LogP contribution < -0.4 is 32.7 Å². The van der Waals surface area contributed by atoms with Crippen molar-refractivity contribution in [3.8, 4) is 0 Å². The maximum atomic E-state index is 13.4. The number of thiol groups is 1. The van der Waals surface area contributed by atoms with E-state index >= 15 is 0 Å². The standard InChI is InChI=1S/C29H41N7O9S/c1-3-14(2)24(28(43)33-19(8-9-23(38)39)26(41)34-20(29(44)45)11-22(31)37)36-27(42)21(13-46)35-25(40)17(30)10-15-12-32-18-7-5-4-6-16(15)18/h4-7,12,14,17,19-21,24,32,46H,3,8-11,13,30H2,1-2H3,(H2,31,37)(H,33,43)(H,34,41)(H,35,40)(H,36,42)(H,38,39)(H,44,45). The molecule has 1 heterocycles. The first-order chi connectivity index (χ1) is 21.7. The van der Waals surface area contributed by atoms with Gasteiger partial charge in [-0.15, -0.1) is 0 Å². The third-order valence-electron chi connectivity index (χ3n) is 7.36. The second-order valence-corrected chi connectivity index (χ2v) is 11.2. The van der Waals surface area contributed by atoms with Crippen molar-refractivity contribution in [1.29, 1.82) is 0 Å². The second kappa shape index (κ2) is 17.7. The van der Waals surface area contributed by atoms with Crippen LogP contribution in [0.2, 0.25) is 0 Å². The molecule has 0 spiro atoms. The van der Waals surface area contributed by atoms with E-state index in [4.69, 9.17) is 16.6 Å². The molecule has 46 heavy (non-hydrogen) atoms. The van der Waals surface area contributed by atoms with Crippen LogP contribution in [-0.4, -0.2) is 92.6 Å². The summed E-state index contributed by atoms with van der Waals surface area (Å²) in [4.78, 5) is 89.5. The number of hydrogen-bond donors (Lipinski definition) is 10. The Hall–Kier alpha value is -4.64. The number of aromatic nitrogens is 1. The summed E-state index contributed by atoms with van der Waals surface area (Å²) < 4.78 is 0. The zero-order valence-electron chi connectivity index (χ0n) is 25.4. The number of H-pyrrole nitrogens is 1. The average Bonchev–Trinajstić information content (AvgIpc) is 3.41. The topological polar surface area (TPSA) is 276 Å². The van der Waals surface area contributed by atoms with Gasteiger partial charge < -0.3 is 47.9 Å². The number of hydrogen-bond acceptors (Lipinski definition) is 9. The SMILES string of the molecule is CCC(C)C(NC(=O)C(CS)NC(=O)C(N)Cc1c[nH]c2ccccc12)C(=O)NC(CCC(=O)O)C(=O)NC(CC(N)=O)C(=O)O. The van der Waals surface area contributed by atoms with E-state index in [2.05, 4.69) is 38.9 Å². The molecule has 0 aliphatic heterocycles. The number of nitrogens with one attached hydrogen (secondary N) is 5. The Morgan fingerprint density at radius 3 is 2.09 bits per heavy atom. The summed E-state index contributed by atoms with van der Waals surface area (Å²) in [5.41, 5.74) is 12.9. The number of carboxylic acid groups (broad SMARTS) is 2. The van der Waals surface area contributed by atoms with Gasteiger partial charge in [0.05, 0.1) is 12.5 Å². The van der Waals surface area contributed by atoms with E-state index in [1.54, 1.807) is 20.0 Å². The molecule has 11 N–H and O–H groups in total. The van der Waals surface area contributed by atoms with E-state index in [0.717, 1.165) is 16.5 Å². The molecule has 0 bridgehead atoms. The Balaban J connectivity index is 2.15. The van der Waals surface area contributed by atoms with Crippen LogP contribution in [0.25, 0.3) is 10.9 Å². The molecule has 1 aromatic heterocycles. The number of carbonyl (C=O) groups excluding carboxylic acids is 5. The Bertz CT molecular complexity index is 1430. The summed E-state index contributed by atoms with van der Waals surface area (Å²) in [6.45, 7) is 3.39. The van der Waals surface area contributed by atoms with E-state index in [1.165, 1.54) is 0 Å². The number of carboxylic acids is 2. The van der Waals surface area contributed by atoms with Crippen LogP contribution in [-0.2, 0) is 40.0 Å². The Morgan fingerprint density at radius 1 is 0.891 bits per heavy atom. The van der Waals surface area contributed by atoms with Crippen LogP contribution in [0, 0.1) is 5.92 Å². The smallest absolute Gasteiger partial charge is 0.326 e. The molecule has 6 atom stereocenters. The number of aliphatic carboxylic acids is 2. The van der Waals surface area contributed by atoms with Crippen LogP contribution in [0.4, 0.5) is 0 Å². The first-order valence-electron chi connectivity index (χ1n) is 14.5. The number of carbonyl (C=O) groups is 7. The number of rotatable bonds is 19. The molecule has 0 saturated carbocycles. The minimum Gasteiger partial charge on any atom is -0.481 e. The lowest BCUT2D eigenvalue weighted by Crippen LogP contribution is -2.60. The molecule has 5 amide bonds. The molecule has 2 aromatic rings. The molecular weight excluding hydrogens is 622 g/mol. The van der Waals surface area contributed by atoms with Crippen molar-refractivity contribution in [3.05, 3.63) is 36.0 Å². The minimum absolute atomic E-state index is 0.147. The van der Waals surface area contributed by atoms with Gasteiger partial charge in [-0.3, -0.25) is 28.8 Å². The van der Waals surface area contributed by atoms with Gasteiger partial charge in [-0.05, 0) is 30.4 Å². The van der Waals surface area contributed by atoms with Crippen LogP contribution in [0.5, 0.6) is 0 Å². The highest BCUT2D eigenvalue weighted by Gasteiger charge is 2.34. The van der Waals surface area contributed by atoms with Crippen LogP contribution in [0.3, 0.4) is 0 Å². The van der Waals surface area contributed by atoms with Crippen molar-refractivity contribution in [2.75, 3.05) is 5.75 Å². The number of fused-ring (bicyclic) bond motifs is 1. The van der Waals surface area contributed by atoms with Gasteiger partial charge in [-0.25, -0.2) is 4.79 Å². The number of amides is 5. The van der Waals surface area contributed by atoms with Crippen molar-refractivity contribution in [1.82, 2.24) is 26.3 Å². The van der Waals surface area contributed by atoms with Gasteiger partial charge in [0.25, 0.3) is 0 Å². The predicted octanol–water partition coefficient (Wildman–Crippen LogP) is -1.22. The fraction of sp³-hybridized carbons (Fsp3) is 0.483. The lowest BCUT2D eigenvalue weighted by Gasteiger charge is -2.28. The van der Waals surface area contributed by atoms with Crippen molar-refractivity contribution in [3.63, 3.8) is 0 Å². The fourth-order valence-corrected chi connectivity index (χ4v) is 4.79. The summed E-state index contributed by atoms with van der Waals surface area (Å²) in [5, 5.41) is 28.9. The molecule has 1 aromatic carbocycles. The minimum atomic E-state index is -1.72. The van der Waals surface area contributed by atoms with Gasteiger partial charge in [-0.2, -0.15) is 12.6 Å². The van der Waals surface area contributed by atoms with Crippen molar-refractivity contribution < 1.29 is 43.8 Å². The lowest BCUT2D eigenvalue weighted by atomic mass is 9.97. The molecule has 0 saturated heterocycles. The molecule has 16 nitrogen and oxygen atoms in total. The van der Waals surface area contributed by atoms with Crippen LogP contribution in [0.15, 0.2) is 30.5 Å². The van der Waals surface area contributed by atoms with Crippen molar-refractivity contribution >= 4 is 65.0 Å². The summed E-state index contributed by atoms with van der Waals surface area (Å²) in [5.74, 6) is -7.84. The largest absolute Gasteiger partial charge is 0.481 e. The van der Waals surface area contributed by atoms with Crippen LogP contribution >= 0.6 is 12.6 Å². The Morgan fingerprint density at radius 2 is 1.50 bits per heavy atom. The van der Waals surface area contributed by atoms with Crippen molar-refractivity contribution in [2.45, 2.75) is 76.2 Å².